The van der Waals surface area contributed by atoms with Crippen molar-refractivity contribution in [3.63, 3.8) is 0 Å². The van der Waals surface area contributed by atoms with Gasteiger partial charge in [-0.05, 0) is 13.8 Å². The summed E-state index contributed by atoms with van der Waals surface area (Å²) in [6, 6.07) is 0.0232. The van der Waals surface area contributed by atoms with Crippen LogP contribution in [-0.2, 0) is 4.18 Å². The van der Waals surface area contributed by atoms with Gasteiger partial charge in [0, 0.05) is 6.04 Å². The molecule has 4 N–H and O–H groups in total. The van der Waals surface area contributed by atoms with Gasteiger partial charge in [-0.15, -0.1) is 0 Å². The van der Waals surface area contributed by atoms with Crippen molar-refractivity contribution in [2.24, 2.45) is 5.73 Å². The van der Waals surface area contributed by atoms with Crippen molar-refractivity contribution >= 4 is 23.3 Å². The van der Waals surface area contributed by atoms with Crippen LogP contribution < -0.4 is 11.1 Å². The summed E-state index contributed by atoms with van der Waals surface area (Å²) < 4.78 is 4.43. The highest BCUT2D eigenvalue weighted by molar-refractivity contribution is 8.09. The van der Waals surface area contributed by atoms with Crippen LogP contribution in [0, 0.1) is 5.41 Å². The quantitative estimate of drug-likeness (QED) is 0.312. The van der Waals surface area contributed by atoms with E-state index in [0.29, 0.717) is 12.0 Å². The second-order valence-corrected chi connectivity index (χ2v) is 2.89. The van der Waals surface area contributed by atoms with E-state index in [2.05, 4.69) is 9.50 Å². The molecule has 0 aromatic rings. The van der Waals surface area contributed by atoms with Gasteiger partial charge in [-0.1, -0.05) is 0 Å². The monoisotopic (exact) mass is 177 g/mol. The lowest BCUT2D eigenvalue weighted by Gasteiger charge is -2.06. The molecule has 0 fully saturated rings. The summed E-state index contributed by atoms with van der Waals surface area (Å²) >= 11 is 0.530. The number of hydrogen-bond donors (Lipinski definition) is 3. The number of nitrogens with one attached hydrogen (secondary N) is 2. The van der Waals surface area contributed by atoms with Crippen molar-refractivity contribution in [1.29, 1.82) is 5.41 Å². The minimum Gasteiger partial charge on any atom is -0.376 e. The predicted octanol–water partition coefficient (Wildman–Crippen LogP) is 0.663. The summed E-state index contributed by atoms with van der Waals surface area (Å²) in [6.45, 7) is 3.61. The third-order valence-corrected chi connectivity index (χ3v) is 1.03. The molecule has 0 radical (unpaired) electrons. The molecule has 0 atom stereocenters. The lowest BCUT2D eigenvalue weighted by molar-refractivity contribution is 0.206. The average Bonchev–Trinajstić information content (AvgIpc) is 1.82. The van der Waals surface area contributed by atoms with Crippen molar-refractivity contribution in [3.05, 3.63) is 0 Å². The van der Waals surface area contributed by atoms with E-state index in [4.69, 9.17) is 11.1 Å². The third kappa shape index (κ3) is 6.98. The van der Waals surface area contributed by atoms with Gasteiger partial charge in [0.25, 0.3) is 0 Å². The number of carbonyl (C=O) groups excluding carboxylic acids is 1. The molecule has 0 aliphatic carbocycles. The number of rotatable bonds is 1. The molecule has 0 heterocycles. The van der Waals surface area contributed by atoms with E-state index in [1.54, 1.807) is 13.8 Å². The second kappa shape index (κ2) is 4.84. The van der Waals surface area contributed by atoms with Gasteiger partial charge >= 0.3 is 6.09 Å². The molecule has 0 aromatic carbocycles. The zero-order chi connectivity index (χ0) is 8.85. The maximum atomic E-state index is 10.7. The molecule has 0 rings (SSSR count). The summed E-state index contributed by atoms with van der Waals surface area (Å²) in [5.74, 6) is 0. The number of nitrogens with two attached hydrogens (primary N) is 1. The average molecular weight is 177 g/mol. The Morgan fingerprint density at radius 3 is 2.64 bits per heavy atom. The fourth-order valence-electron chi connectivity index (χ4n) is 0.342. The van der Waals surface area contributed by atoms with Crippen LogP contribution in [0.3, 0.4) is 0 Å². The molecular formula is C5H11N3O2S. The van der Waals surface area contributed by atoms with Gasteiger partial charge in [-0.2, -0.15) is 0 Å². The van der Waals surface area contributed by atoms with Crippen LogP contribution in [0.2, 0.25) is 0 Å². The number of carbonyl (C=O) groups is 1. The summed E-state index contributed by atoms with van der Waals surface area (Å²) in [6.07, 6.45) is -0.583. The fraction of sp³-hybridized carbons (Fsp3) is 0.600. The van der Waals surface area contributed by atoms with Gasteiger partial charge in [0.1, 0.15) is 12.0 Å². The smallest absolute Gasteiger partial charge is 0.376 e. The van der Waals surface area contributed by atoms with Gasteiger partial charge in [0.2, 0.25) is 0 Å². The Morgan fingerprint density at radius 1 is 1.73 bits per heavy atom. The molecule has 1 amide bonds. The Balaban J connectivity index is 3.45. The Morgan fingerprint density at radius 2 is 2.27 bits per heavy atom. The van der Waals surface area contributed by atoms with E-state index in [1.165, 1.54) is 0 Å². The number of amidine groups is 1. The van der Waals surface area contributed by atoms with Gasteiger partial charge in [0.15, 0.2) is 5.17 Å². The maximum Gasteiger partial charge on any atom is 0.419 e. The highest BCUT2D eigenvalue weighted by Crippen LogP contribution is 2.00. The zero-order valence-electron chi connectivity index (χ0n) is 6.38. The summed E-state index contributed by atoms with van der Waals surface area (Å²) in [4.78, 5) is 10.7. The first-order valence-electron chi connectivity index (χ1n) is 3.01. The standard InChI is InChI=1S/C5H11N3O2S/c1-3(2)8-5(9)10-11-4(6)7/h3H,1-2H3,(H3,6,7)(H,8,9). The van der Waals surface area contributed by atoms with E-state index in [-0.39, 0.29) is 11.2 Å². The molecule has 0 aliphatic heterocycles. The van der Waals surface area contributed by atoms with Crippen LogP contribution in [0.4, 0.5) is 4.79 Å². The first-order chi connectivity index (χ1) is 5.02. The van der Waals surface area contributed by atoms with Gasteiger partial charge in [-0.25, -0.2) is 4.79 Å². The maximum absolute atomic E-state index is 10.7. The topological polar surface area (TPSA) is 88.2 Å². The Labute approximate surface area is 69.4 Å². The van der Waals surface area contributed by atoms with Crippen molar-refractivity contribution in [2.45, 2.75) is 19.9 Å². The van der Waals surface area contributed by atoms with E-state index in [1.807, 2.05) is 0 Å². The molecule has 0 aliphatic rings. The lowest BCUT2D eigenvalue weighted by Crippen LogP contribution is -2.29. The van der Waals surface area contributed by atoms with Gasteiger partial charge < -0.3 is 15.2 Å². The highest BCUT2D eigenvalue weighted by atomic mass is 32.2. The van der Waals surface area contributed by atoms with Crippen LogP contribution in [0.25, 0.3) is 0 Å². The fourth-order valence-corrected chi connectivity index (χ4v) is 0.556. The lowest BCUT2D eigenvalue weighted by atomic mass is 10.4. The SMILES string of the molecule is CC(C)NC(=O)OSC(=N)N. The Bertz CT molecular complexity index is 160. The van der Waals surface area contributed by atoms with Crippen LogP contribution in [0.15, 0.2) is 0 Å². The minimum absolute atomic E-state index is 0.0232. The molecule has 0 saturated carbocycles. The molecule has 6 heteroatoms. The molecule has 0 unspecified atom stereocenters. The van der Waals surface area contributed by atoms with Crippen LogP contribution in [0.1, 0.15) is 13.8 Å². The first-order valence-corrected chi connectivity index (χ1v) is 3.75. The Kier molecular flexibility index (Phi) is 4.44. The molecule has 11 heavy (non-hydrogen) atoms. The molecular weight excluding hydrogens is 166 g/mol. The zero-order valence-corrected chi connectivity index (χ0v) is 7.20. The van der Waals surface area contributed by atoms with Gasteiger partial charge in [0.05, 0.1) is 0 Å². The van der Waals surface area contributed by atoms with E-state index in [0.717, 1.165) is 0 Å². The molecule has 5 nitrogen and oxygen atoms in total. The molecule has 0 saturated heterocycles. The normalized spacial score (nSPS) is 9.36. The molecule has 0 bridgehead atoms. The van der Waals surface area contributed by atoms with Crippen molar-refractivity contribution in [3.8, 4) is 0 Å². The molecule has 64 valence electrons. The van der Waals surface area contributed by atoms with E-state index < -0.39 is 6.09 Å². The van der Waals surface area contributed by atoms with Crippen molar-refractivity contribution in [2.75, 3.05) is 0 Å². The summed E-state index contributed by atoms with van der Waals surface area (Å²) in [5, 5.41) is 8.92. The van der Waals surface area contributed by atoms with Crippen molar-refractivity contribution < 1.29 is 8.98 Å². The second-order valence-electron chi connectivity index (χ2n) is 2.12. The Hall–Kier alpha value is -0.910. The predicted molar refractivity (Wildman–Crippen MR) is 44.3 cm³/mol. The van der Waals surface area contributed by atoms with Crippen LogP contribution >= 0.6 is 12.0 Å². The summed E-state index contributed by atoms with van der Waals surface area (Å²) in [5.41, 5.74) is 4.91. The van der Waals surface area contributed by atoms with Gasteiger partial charge in [-0.3, -0.25) is 5.41 Å². The number of amides is 1. The minimum atomic E-state index is -0.583. The van der Waals surface area contributed by atoms with E-state index >= 15 is 0 Å². The number of hydrogen-bond acceptors (Lipinski definition) is 4. The molecule has 0 spiro atoms. The largest absolute Gasteiger partial charge is 0.419 e. The molecule has 0 aromatic heterocycles. The third-order valence-electron chi connectivity index (χ3n) is 0.614. The van der Waals surface area contributed by atoms with Crippen molar-refractivity contribution in [1.82, 2.24) is 5.32 Å². The van der Waals surface area contributed by atoms with E-state index in [9.17, 15) is 4.79 Å². The highest BCUT2D eigenvalue weighted by Gasteiger charge is 2.04. The summed E-state index contributed by atoms with van der Waals surface area (Å²) in [7, 11) is 0. The van der Waals surface area contributed by atoms with Crippen LogP contribution in [-0.4, -0.2) is 17.3 Å². The first kappa shape index (κ1) is 10.1. The van der Waals surface area contributed by atoms with Crippen LogP contribution in [0.5, 0.6) is 0 Å².